The van der Waals surface area contributed by atoms with Gasteiger partial charge in [-0.25, -0.2) is 0 Å². The second-order valence-electron chi connectivity index (χ2n) is 8.30. The summed E-state index contributed by atoms with van der Waals surface area (Å²) >= 11 is 25.2. The highest BCUT2D eigenvalue weighted by molar-refractivity contribution is 6.53. The average Bonchev–Trinajstić information content (AvgIpc) is 3.30. The van der Waals surface area contributed by atoms with Crippen LogP contribution in [0.4, 0.5) is 5.69 Å². The first-order valence-corrected chi connectivity index (χ1v) is 12.0. The third-order valence-corrected chi connectivity index (χ3v) is 7.10. The monoisotopic (exact) mass is 528 g/mol. The quantitative estimate of drug-likeness (QED) is 0.393. The van der Waals surface area contributed by atoms with Crippen LogP contribution in [-0.2, 0) is 9.59 Å². The van der Waals surface area contributed by atoms with Crippen LogP contribution in [0, 0.1) is 12.8 Å². The molecule has 0 radical (unpaired) electrons. The van der Waals surface area contributed by atoms with E-state index >= 15 is 0 Å². The molecule has 2 N–H and O–H groups in total. The van der Waals surface area contributed by atoms with E-state index in [1.807, 2.05) is 26.0 Å². The van der Waals surface area contributed by atoms with Crippen molar-refractivity contribution in [2.45, 2.75) is 49.9 Å². The molecule has 2 aromatic carbocycles. The van der Waals surface area contributed by atoms with E-state index in [1.165, 1.54) is 19.1 Å². The fourth-order valence-corrected chi connectivity index (χ4v) is 5.24. The van der Waals surface area contributed by atoms with Gasteiger partial charge in [-0.05, 0) is 61.7 Å². The highest BCUT2D eigenvalue weighted by atomic mass is 35.5. The maximum absolute atomic E-state index is 13.0. The van der Waals surface area contributed by atoms with Crippen LogP contribution in [0.3, 0.4) is 0 Å². The van der Waals surface area contributed by atoms with Gasteiger partial charge in [-0.2, -0.15) is 0 Å². The molecule has 0 bridgehead atoms. The Balaban J connectivity index is 1.76. The molecule has 0 spiro atoms. The van der Waals surface area contributed by atoms with E-state index in [1.54, 1.807) is 12.1 Å². The maximum atomic E-state index is 13.0. The molecule has 1 aliphatic carbocycles. The summed E-state index contributed by atoms with van der Waals surface area (Å²) in [6.07, 6.45) is 1.26. The average molecular weight is 530 g/mol. The molecule has 0 aliphatic heterocycles. The molecule has 176 valence electrons. The van der Waals surface area contributed by atoms with Crippen LogP contribution in [0.5, 0.6) is 0 Å². The Bertz CT molecular complexity index is 1080. The largest absolute Gasteiger partial charge is 0.342 e. The highest BCUT2D eigenvalue weighted by Gasteiger charge is 2.67. The summed E-state index contributed by atoms with van der Waals surface area (Å²) < 4.78 is -1.28. The van der Waals surface area contributed by atoms with E-state index in [0.717, 1.165) is 17.5 Å². The Kier molecular flexibility index (Phi) is 8.00. The molecule has 2 aromatic rings. The van der Waals surface area contributed by atoms with Gasteiger partial charge in [0.1, 0.15) is 4.33 Å². The van der Waals surface area contributed by atoms with Crippen molar-refractivity contribution < 1.29 is 14.4 Å². The number of halogens is 4. The van der Waals surface area contributed by atoms with Crippen molar-refractivity contribution >= 4 is 69.7 Å². The van der Waals surface area contributed by atoms with E-state index in [0.29, 0.717) is 17.1 Å². The third-order valence-electron chi connectivity index (χ3n) is 5.61. The molecule has 33 heavy (non-hydrogen) atoms. The first-order chi connectivity index (χ1) is 15.4. The molecule has 5 nitrogen and oxygen atoms in total. The van der Waals surface area contributed by atoms with Gasteiger partial charge < -0.3 is 10.6 Å². The zero-order valence-electron chi connectivity index (χ0n) is 18.3. The summed E-state index contributed by atoms with van der Waals surface area (Å²) in [5.74, 6) is -2.13. The molecule has 0 saturated heterocycles. The van der Waals surface area contributed by atoms with Crippen LogP contribution in [-0.4, -0.2) is 28.0 Å². The highest BCUT2D eigenvalue weighted by Crippen LogP contribution is 2.65. The Morgan fingerprint density at radius 2 is 1.79 bits per heavy atom. The van der Waals surface area contributed by atoms with Gasteiger partial charge in [-0.15, -0.1) is 23.2 Å². The van der Waals surface area contributed by atoms with Crippen molar-refractivity contribution in [3.8, 4) is 0 Å². The number of aryl methyl sites for hydroxylation is 1. The normalized spacial score (nSPS) is 19.5. The smallest absolute Gasteiger partial charge is 0.253 e. The van der Waals surface area contributed by atoms with Crippen LogP contribution in [0.15, 0.2) is 36.4 Å². The Morgan fingerprint density at radius 1 is 1.09 bits per heavy atom. The van der Waals surface area contributed by atoms with E-state index in [-0.39, 0.29) is 22.3 Å². The van der Waals surface area contributed by atoms with Crippen LogP contribution in [0.25, 0.3) is 0 Å². The molecule has 9 heteroatoms. The minimum absolute atomic E-state index is 0.137. The number of Topliss-reactive ketones (excluding diaryl/α,β-unsaturated/α-hetero) is 1. The summed E-state index contributed by atoms with van der Waals surface area (Å²) in [6.45, 7) is 5.25. The number of rotatable bonds is 8. The van der Waals surface area contributed by atoms with Gasteiger partial charge in [0.25, 0.3) is 5.91 Å². The van der Waals surface area contributed by atoms with Gasteiger partial charge in [-0.3, -0.25) is 14.4 Å². The molecule has 3 atom stereocenters. The minimum atomic E-state index is -1.28. The molecule has 2 amide bonds. The summed E-state index contributed by atoms with van der Waals surface area (Å²) in [5, 5.41) is 6.21. The number of hydrogen-bond acceptors (Lipinski definition) is 3. The van der Waals surface area contributed by atoms with Crippen molar-refractivity contribution in [2.75, 3.05) is 5.32 Å². The molecule has 3 rings (SSSR count). The molecular formula is C24H24Cl4N2O3. The first-order valence-electron chi connectivity index (χ1n) is 10.5. The van der Waals surface area contributed by atoms with Crippen LogP contribution in [0.2, 0.25) is 10.0 Å². The SMILES string of the molecule is CCCC(NC(=O)c1cc(NC(=O)C2C(c3cc(C)cc(Cl)c3)C2(Cl)Cl)ccc1Cl)C(C)=O. The van der Waals surface area contributed by atoms with E-state index in [4.69, 9.17) is 46.4 Å². The van der Waals surface area contributed by atoms with Gasteiger partial charge in [0, 0.05) is 16.6 Å². The molecule has 0 heterocycles. The number of hydrogen-bond donors (Lipinski definition) is 2. The second kappa shape index (κ2) is 10.2. The molecule has 1 saturated carbocycles. The number of ketones is 1. The van der Waals surface area contributed by atoms with Gasteiger partial charge in [0.2, 0.25) is 5.91 Å². The number of nitrogens with one attached hydrogen (secondary N) is 2. The number of carbonyl (C=O) groups is 3. The minimum Gasteiger partial charge on any atom is -0.342 e. The molecule has 0 aromatic heterocycles. The van der Waals surface area contributed by atoms with Crippen molar-refractivity contribution in [3.05, 3.63) is 63.1 Å². The first kappa shape index (κ1) is 25.8. The standard InChI is InChI=1S/C24H24Cl4N2O3/c1-4-5-19(13(3)31)30-22(32)17-11-16(6-7-18(17)26)29-23(33)21-20(24(21,27)28)14-8-12(2)9-15(25)10-14/h6-11,19-21H,4-5H2,1-3H3,(H,29,33)(H,30,32). The second-order valence-corrected chi connectivity index (χ2v) is 10.6. The Morgan fingerprint density at radius 3 is 2.39 bits per heavy atom. The number of carbonyl (C=O) groups excluding carboxylic acids is 3. The van der Waals surface area contributed by atoms with E-state index in [9.17, 15) is 14.4 Å². The fraction of sp³-hybridized carbons (Fsp3) is 0.375. The lowest BCUT2D eigenvalue weighted by Crippen LogP contribution is -2.39. The number of amides is 2. The summed E-state index contributed by atoms with van der Waals surface area (Å²) in [5.41, 5.74) is 2.24. The zero-order chi connectivity index (χ0) is 24.5. The van der Waals surface area contributed by atoms with Gasteiger partial charge >= 0.3 is 0 Å². The van der Waals surface area contributed by atoms with Crippen molar-refractivity contribution in [1.82, 2.24) is 5.32 Å². The van der Waals surface area contributed by atoms with Gasteiger partial charge in [-0.1, -0.05) is 42.6 Å². The number of alkyl halides is 2. The van der Waals surface area contributed by atoms with Crippen LogP contribution < -0.4 is 10.6 Å². The maximum Gasteiger partial charge on any atom is 0.253 e. The van der Waals surface area contributed by atoms with Crippen molar-refractivity contribution in [2.24, 2.45) is 5.92 Å². The molecular weight excluding hydrogens is 506 g/mol. The third kappa shape index (κ3) is 5.83. The van der Waals surface area contributed by atoms with Crippen LogP contribution >= 0.6 is 46.4 Å². The van der Waals surface area contributed by atoms with Crippen LogP contribution in [0.1, 0.15) is 54.1 Å². The number of anilines is 1. The summed E-state index contributed by atoms with van der Waals surface area (Å²) in [4.78, 5) is 37.5. The summed E-state index contributed by atoms with van der Waals surface area (Å²) in [6, 6.07) is 9.41. The van der Waals surface area contributed by atoms with Crippen molar-refractivity contribution in [1.29, 1.82) is 0 Å². The molecule has 1 fully saturated rings. The Labute approximate surface area is 213 Å². The Hall–Kier alpha value is -1.79. The summed E-state index contributed by atoms with van der Waals surface area (Å²) in [7, 11) is 0. The molecule has 1 aliphatic rings. The lowest BCUT2D eigenvalue weighted by Gasteiger charge is -2.16. The predicted molar refractivity (Wildman–Crippen MR) is 134 cm³/mol. The van der Waals surface area contributed by atoms with Gasteiger partial charge in [0.05, 0.1) is 22.5 Å². The lowest BCUT2D eigenvalue weighted by molar-refractivity contribution is -0.119. The fourth-order valence-electron chi connectivity index (χ4n) is 3.91. The van der Waals surface area contributed by atoms with E-state index in [2.05, 4.69) is 10.6 Å². The number of benzene rings is 2. The zero-order valence-corrected chi connectivity index (χ0v) is 21.4. The van der Waals surface area contributed by atoms with E-state index < -0.39 is 28.1 Å². The predicted octanol–water partition coefficient (Wildman–Crippen LogP) is 6.32. The van der Waals surface area contributed by atoms with Crippen molar-refractivity contribution in [3.63, 3.8) is 0 Å². The topological polar surface area (TPSA) is 75.3 Å². The van der Waals surface area contributed by atoms with Gasteiger partial charge in [0.15, 0.2) is 5.78 Å². The lowest BCUT2D eigenvalue weighted by atomic mass is 10.1. The molecule has 3 unspecified atom stereocenters.